The lowest BCUT2D eigenvalue weighted by molar-refractivity contribution is -0.121. The van der Waals surface area contributed by atoms with Gasteiger partial charge in [0.1, 0.15) is 12.2 Å². The number of carbonyl (C=O) groups is 1. The van der Waals surface area contributed by atoms with Gasteiger partial charge in [0.2, 0.25) is 5.91 Å². The molecule has 170 valence electrons. The number of hydrogen-bond donors (Lipinski definition) is 1. The molecule has 1 aromatic heterocycles. The van der Waals surface area contributed by atoms with E-state index in [1.54, 1.807) is 81.9 Å². The monoisotopic (exact) mass is 456 g/mol. The van der Waals surface area contributed by atoms with Gasteiger partial charge in [-0.25, -0.2) is 17.4 Å². The van der Waals surface area contributed by atoms with Gasteiger partial charge in [0, 0.05) is 12.6 Å². The lowest BCUT2D eigenvalue weighted by atomic mass is 10.1. The summed E-state index contributed by atoms with van der Waals surface area (Å²) in [5.41, 5.74) is -0.147. The predicted octanol–water partition coefficient (Wildman–Crippen LogP) is 2.59. The van der Waals surface area contributed by atoms with Gasteiger partial charge in [0.15, 0.2) is 0 Å². The average molecular weight is 457 g/mol. The topological polar surface area (TPSA) is 93.4 Å². The summed E-state index contributed by atoms with van der Waals surface area (Å²) in [5.74, 6) is -0.508. The third-order valence-corrected chi connectivity index (χ3v) is 6.67. The molecule has 3 aromatic rings. The summed E-state index contributed by atoms with van der Waals surface area (Å²) < 4.78 is 31.0. The number of para-hydroxylation sites is 1. The molecule has 3 rings (SSSR count). The Bertz CT molecular complexity index is 1270. The molecule has 0 radical (unpaired) electrons. The number of nitrogens with zero attached hydrogens (tertiary/aromatic N) is 3. The fourth-order valence-electron chi connectivity index (χ4n) is 3.43. The Kier molecular flexibility index (Phi) is 6.32. The van der Waals surface area contributed by atoms with Gasteiger partial charge in [0.05, 0.1) is 16.3 Å². The molecule has 2 aromatic carbocycles. The molecular weight excluding hydrogens is 428 g/mol. The van der Waals surface area contributed by atoms with Crippen LogP contribution in [0.3, 0.4) is 0 Å². The third kappa shape index (κ3) is 4.62. The van der Waals surface area contributed by atoms with Gasteiger partial charge in [-0.1, -0.05) is 36.4 Å². The van der Waals surface area contributed by atoms with Crippen molar-refractivity contribution in [3.05, 3.63) is 76.7 Å². The van der Waals surface area contributed by atoms with E-state index < -0.39 is 33.6 Å². The van der Waals surface area contributed by atoms with Crippen LogP contribution < -0.4 is 15.2 Å². The molecule has 0 aliphatic rings. The first-order chi connectivity index (χ1) is 14.9. The van der Waals surface area contributed by atoms with Crippen molar-refractivity contribution in [3.63, 3.8) is 0 Å². The van der Waals surface area contributed by atoms with Crippen LogP contribution in [0.25, 0.3) is 5.69 Å². The Labute approximate surface area is 188 Å². The molecule has 0 fully saturated rings. The highest BCUT2D eigenvalue weighted by atomic mass is 32.2. The molecule has 0 unspecified atom stereocenters. The normalized spacial score (nSPS) is 11.9. The van der Waals surface area contributed by atoms with Gasteiger partial charge in [0.25, 0.3) is 15.6 Å². The molecule has 1 amide bonds. The largest absolute Gasteiger partial charge is 0.350 e. The molecule has 32 heavy (non-hydrogen) atoms. The van der Waals surface area contributed by atoms with E-state index >= 15 is 0 Å². The average Bonchev–Trinajstić information content (AvgIpc) is 2.94. The van der Waals surface area contributed by atoms with Crippen LogP contribution in [0.4, 0.5) is 5.69 Å². The van der Waals surface area contributed by atoms with E-state index in [0.717, 1.165) is 4.31 Å². The molecule has 0 saturated heterocycles. The van der Waals surface area contributed by atoms with Crippen molar-refractivity contribution in [2.75, 3.05) is 10.8 Å². The minimum Gasteiger partial charge on any atom is -0.350 e. The maximum absolute atomic E-state index is 13.6. The second-order valence-electron chi connectivity index (χ2n) is 8.53. The molecule has 8 nitrogen and oxygen atoms in total. The Hall–Kier alpha value is -3.33. The van der Waals surface area contributed by atoms with Crippen molar-refractivity contribution in [2.45, 2.75) is 38.1 Å². The Morgan fingerprint density at radius 1 is 1.00 bits per heavy atom. The number of benzene rings is 2. The molecule has 0 spiro atoms. The van der Waals surface area contributed by atoms with Crippen molar-refractivity contribution < 1.29 is 13.2 Å². The Morgan fingerprint density at radius 2 is 1.53 bits per heavy atom. The molecule has 0 bridgehead atoms. The molecule has 9 heteroatoms. The van der Waals surface area contributed by atoms with Crippen LogP contribution in [0.1, 0.15) is 26.5 Å². The van der Waals surface area contributed by atoms with Gasteiger partial charge in [-0.3, -0.25) is 14.3 Å². The van der Waals surface area contributed by atoms with Crippen molar-refractivity contribution in [1.82, 2.24) is 14.7 Å². The van der Waals surface area contributed by atoms with Crippen LogP contribution in [0.15, 0.2) is 70.4 Å². The molecular formula is C23H28N4O4S. The number of carbonyl (C=O) groups excluding carboxylic acids is 1. The van der Waals surface area contributed by atoms with Crippen LogP contribution in [-0.4, -0.2) is 35.8 Å². The first kappa shape index (κ1) is 23.3. The highest BCUT2D eigenvalue weighted by Crippen LogP contribution is 2.25. The van der Waals surface area contributed by atoms with Crippen molar-refractivity contribution in [2.24, 2.45) is 7.05 Å². The van der Waals surface area contributed by atoms with Crippen molar-refractivity contribution >= 4 is 21.6 Å². The smallest absolute Gasteiger partial charge is 0.296 e. The number of aromatic nitrogens is 2. The van der Waals surface area contributed by atoms with Crippen molar-refractivity contribution in [1.29, 1.82) is 0 Å². The Morgan fingerprint density at radius 3 is 2.06 bits per heavy atom. The number of rotatable bonds is 6. The SMILES string of the molecule is Cc1c(N(CC(=O)NC(C)(C)C)S(=O)(=O)c2ccccc2)c(=O)n(-c2ccccc2)n1C. The van der Waals surface area contributed by atoms with E-state index in [0.29, 0.717) is 11.4 Å². The van der Waals surface area contributed by atoms with E-state index in [1.807, 2.05) is 6.07 Å². The quantitative estimate of drug-likeness (QED) is 0.617. The summed E-state index contributed by atoms with van der Waals surface area (Å²) in [6.07, 6.45) is 0. The van der Waals surface area contributed by atoms with Crippen LogP contribution in [-0.2, 0) is 21.9 Å². The summed E-state index contributed by atoms with van der Waals surface area (Å²) in [6.45, 7) is 6.54. The lowest BCUT2D eigenvalue weighted by Gasteiger charge is -2.26. The van der Waals surface area contributed by atoms with Gasteiger partial charge in [-0.2, -0.15) is 0 Å². The minimum absolute atomic E-state index is 0.00234. The zero-order chi connectivity index (χ0) is 23.7. The van der Waals surface area contributed by atoms with E-state index in [9.17, 15) is 18.0 Å². The zero-order valence-corrected chi connectivity index (χ0v) is 19.7. The number of amides is 1. The molecule has 0 saturated carbocycles. The molecule has 0 aliphatic heterocycles. The first-order valence-electron chi connectivity index (χ1n) is 10.2. The van der Waals surface area contributed by atoms with E-state index in [-0.39, 0.29) is 10.6 Å². The summed E-state index contributed by atoms with van der Waals surface area (Å²) >= 11 is 0. The molecule has 0 atom stereocenters. The summed E-state index contributed by atoms with van der Waals surface area (Å²) in [5, 5.41) is 2.77. The zero-order valence-electron chi connectivity index (χ0n) is 18.9. The van der Waals surface area contributed by atoms with Crippen LogP contribution >= 0.6 is 0 Å². The highest BCUT2D eigenvalue weighted by molar-refractivity contribution is 7.92. The Balaban J connectivity index is 2.21. The standard InChI is InChI=1S/C23H28N4O4S/c1-17-21(22(29)27(25(17)5)18-12-8-6-9-13-18)26(16-20(28)24-23(2,3)4)32(30,31)19-14-10-7-11-15-19/h6-15H,16H2,1-5H3,(H,24,28). The van der Waals surface area contributed by atoms with E-state index in [4.69, 9.17) is 0 Å². The van der Waals surface area contributed by atoms with Crippen LogP contribution in [0, 0.1) is 6.92 Å². The fourth-order valence-corrected chi connectivity index (χ4v) is 4.93. The first-order valence-corrected chi connectivity index (χ1v) is 11.6. The fraction of sp³-hybridized carbons (Fsp3) is 0.304. The third-order valence-electron chi connectivity index (χ3n) is 4.91. The van der Waals surface area contributed by atoms with Crippen LogP contribution in [0.2, 0.25) is 0 Å². The van der Waals surface area contributed by atoms with Gasteiger partial charge in [-0.15, -0.1) is 0 Å². The second kappa shape index (κ2) is 8.66. The number of anilines is 1. The maximum Gasteiger partial charge on any atom is 0.296 e. The van der Waals surface area contributed by atoms with Gasteiger partial charge >= 0.3 is 0 Å². The minimum atomic E-state index is -4.19. The number of nitrogens with one attached hydrogen (secondary N) is 1. The second-order valence-corrected chi connectivity index (χ2v) is 10.4. The lowest BCUT2D eigenvalue weighted by Crippen LogP contribution is -2.48. The molecule has 1 N–H and O–H groups in total. The summed E-state index contributed by atoms with van der Waals surface area (Å²) in [7, 11) is -2.51. The van der Waals surface area contributed by atoms with Gasteiger partial charge in [-0.05, 0) is 52.0 Å². The molecule has 0 aliphatic carbocycles. The summed E-state index contributed by atoms with van der Waals surface area (Å²) in [6, 6.07) is 16.7. The van der Waals surface area contributed by atoms with Gasteiger partial charge < -0.3 is 5.32 Å². The van der Waals surface area contributed by atoms with E-state index in [2.05, 4.69) is 5.32 Å². The van der Waals surface area contributed by atoms with Crippen LogP contribution in [0.5, 0.6) is 0 Å². The van der Waals surface area contributed by atoms with E-state index in [1.165, 1.54) is 16.8 Å². The maximum atomic E-state index is 13.6. The summed E-state index contributed by atoms with van der Waals surface area (Å²) in [4.78, 5) is 26.3. The highest BCUT2D eigenvalue weighted by Gasteiger charge is 2.33. The van der Waals surface area contributed by atoms with Crippen molar-refractivity contribution in [3.8, 4) is 5.69 Å². The predicted molar refractivity (Wildman–Crippen MR) is 125 cm³/mol. The number of sulfonamides is 1. The molecule has 1 heterocycles. The number of hydrogen-bond acceptors (Lipinski definition) is 4.